The maximum atomic E-state index is 13.7. The third-order valence-corrected chi connectivity index (χ3v) is 2.73. The zero-order valence-electron chi connectivity index (χ0n) is 10.5. The van der Waals surface area contributed by atoms with Crippen molar-refractivity contribution in [2.24, 2.45) is 0 Å². The summed E-state index contributed by atoms with van der Waals surface area (Å²) in [4.78, 5) is 12.1. The van der Waals surface area contributed by atoms with Gasteiger partial charge in [0.15, 0.2) is 5.82 Å². The van der Waals surface area contributed by atoms with Gasteiger partial charge in [-0.25, -0.2) is 4.39 Å². The van der Waals surface area contributed by atoms with Crippen LogP contribution in [0.25, 0.3) is 11.4 Å². The average molecular weight is 266 g/mol. The Labute approximate surface area is 115 Å². The van der Waals surface area contributed by atoms with Gasteiger partial charge in [0, 0.05) is 36.2 Å². The average Bonchev–Trinajstić information content (AvgIpc) is 2.49. The molecular formula is C15H11FN4. The molecule has 0 radical (unpaired) electrons. The summed E-state index contributed by atoms with van der Waals surface area (Å²) >= 11 is 0. The number of hydrogen-bond donors (Lipinski definition) is 1. The first-order valence-electron chi connectivity index (χ1n) is 6.07. The van der Waals surface area contributed by atoms with Gasteiger partial charge in [-0.3, -0.25) is 15.0 Å². The van der Waals surface area contributed by atoms with Gasteiger partial charge in [0.25, 0.3) is 0 Å². The van der Waals surface area contributed by atoms with Gasteiger partial charge in [0.1, 0.15) is 5.69 Å². The van der Waals surface area contributed by atoms with Gasteiger partial charge in [0.2, 0.25) is 0 Å². The van der Waals surface area contributed by atoms with Crippen LogP contribution in [0.1, 0.15) is 0 Å². The van der Waals surface area contributed by atoms with E-state index < -0.39 is 0 Å². The lowest BCUT2D eigenvalue weighted by atomic mass is 10.2. The van der Waals surface area contributed by atoms with Crippen LogP contribution in [0.15, 0.2) is 61.2 Å². The van der Waals surface area contributed by atoms with E-state index in [1.807, 2.05) is 18.2 Å². The molecule has 3 rings (SSSR count). The molecule has 0 saturated heterocycles. The molecule has 0 saturated carbocycles. The first kappa shape index (κ1) is 12.2. The second kappa shape index (κ2) is 5.44. The largest absolute Gasteiger partial charge is 0.355 e. The summed E-state index contributed by atoms with van der Waals surface area (Å²) in [6, 6.07) is 10.2. The number of nitrogens with zero attached hydrogens (tertiary/aromatic N) is 3. The smallest absolute Gasteiger partial charge is 0.151 e. The van der Waals surface area contributed by atoms with Gasteiger partial charge in [-0.1, -0.05) is 0 Å². The van der Waals surface area contributed by atoms with Crippen LogP contribution in [0.3, 0.4) is 0 Å². The van der Waals surface area contributed by atoms with Crippen LogP contribution in [-0.2, 0) is 0 Å². The first-order chi connectivity index (χ1) is 9.83. The summed E-state index contributed by atoms with van der Waals surface area (Å²) in [6.45, 7) is 0. The van der Waals surface area contributed by atoms with Crippen LogP contribution in [-0.4, -0.2) is 15.0 Å². The van der Waals surface area contributed by atoms with Crippen molar-refractivity contribution >= 4 is 11.4 Å². The lowest BCUT2D eigenvalue weighted by molar-refractivity contribution is 0.625. The van der Waals surface area contributed by atoms with E-state index >= 15 is 0 Å². The number of anilines is 2. The number of aromatic nitrogens is 3. The highest BCUT2D eigenvalue weighted by Crippen LogP contribution is 2.22. The van der Waals surface area contributed by atoms with E-state index in [2.05, 4.69) is 20.3 Å². The SMILES string of the molecule is Fc1cccnc1-c1cc(Nc2ccncc2)ccn1. The van der Waals surface area contributed by atoms with Crippen molar-refractivity contribution in [3.63, 3.8) is 0 Å². The van der Waals surface area contributed by atoms with Crippen LogP contribution in [0.4, 0.5) is 15.8 Å². The maximum Gasteiger partial charge on any atom is 0.151 e. The quantitative estimate of drug-likeness (QED) is 0.789. The summed E-state index contributed by atoms with van der Waals surface area (Å²) in [6.07, 6.45) is 6.56. The summed E-state index contributed by atoms with van der Waals surface area (Å²) in [7, 11) is 0. The number of pyridine rings is 3. The Hall–Kier alpha value is -2.82. The van der Waals surface area contributed by atoms with Crippen molar-refractivity contribution in [1.82, 2.24) is 15.0 Å². The minimum Gasteiger partial charge on any atom is -0.355 e. The fourth-order valence-corrected chi connectivity index (χ4v) is 1.81. The summed E-state index contributed by atoms with van der Waals surface area (Å²) in [5.74, 6) is -0.388. The molecule has 0 aliphatic carbocycles. The lowest BCUT2D eigenvalue weighted by Crippen LogP contribution is -1.94. The molecule has 3 heterocycles. The molecule has 98 valence electrons. The molecule has 0 bridgehead atoms. The van der Waals surface area contributed by atoms with E-state index in [9.17, 15) is 4.39 Å². The molecule has 3 aromatic heterocycles. The van der Waals surface area contributed by atoms with E-state index in [0.29, 0.717) is 5.69 Å². The third kappa shape index (κ3) is 2.61. The fraction of sp³-hybridized carbons (Fsp3) is 0. The minimum absolute atomic E-state index is 0.242. The predicted octanol–water partition coefficient (Wildman–Crippen LogP) is 3.42. The molecule has 0 aliphatic rings. The molecule has 0 aliphatic heterocycles. The second-order valence-corrected chi connectivity index (χ2v) is 4.12. The molecule has 0 fully saturated rings. The standard InChI is InChI=1S/C15H11FN4/c16-13-2-1-6-19-15(13)14-10-12(5-9-18-14)20-11-3-7-17-8-4-11/h1-10H,(H,17,18,20). The van der Waals surface area contributed by atoms with Gasteiger partial charge in [-0.05, 0) is 36.4 Å². The van der Waals surface area contributed by atoms with Gasteiger partial charge in [-0.2, -0.15) is 0 Å². The van der Waals surface area contributed by atoms with Crippen LogP contribution >= 0.6 is 0 Å². The summed E-state index contributed by atoms with van der Waals surface area (Å²) in [5, 5.41) is 3.20. The number of nitrogens with one attached hydrogen (secondary N) is 1. The van der Waals surface area contributed by atoms with E-state index in [0.717, 1.165) is 11.4 Å². The molecule has 0 unspecified atom stereocenters. The number of halogens is 1. The van der Waals surface area contributed by atoms with Gasteiger partial charge in [-0.15, -0.1) is 0 Å². The molecule has 0 spiro atoms. The van der Waals surface area contributed by atoms with Crippen LogP contribution in [0, 0.1) is 5.82 Å². The molecule has 0 atom stereocenters. The van der Waals surface area contributed by atoms with Crippen molar-refractivity contribution in [1.29, 1.82) is 0 Å². The maximum absolute atomic E-state index is 13.7. The van der Waals surface area contributed by atoms with Crippen molar-refractivity contribution in [3.05, 3.63) is 67.0 Å². The Bertz CT molecular complexity index is 716. The van der Waals surface area contributed by atoms with E-state index in [1.165, 1.54) is 6.07 Å². The Balaban J connectivity index is 1.92. The Morgan fingerprint density at radius 2 is 1.65 bits per heavy atom. The minimum atomic E-state index is -0.388. The van der Waals surface area contributed by atoms with Gasteiger partial charge < -0.3 is 5.32 Å². The van der Waals surface area contributed by atoms with Crippen molar-refractivity contribution in [3.8, 4) is 11.4 Å². The molecule has 0 aromatic carbocycles. The highest BCUT2D eigenvalue weighted by molar-refractivity contribution is 5.65. The molecule has 0 amide bonds. The molecule has 3 aromatic rings. The number of rotatable bonds is 3. The fourth-order valence-electron chi connectivity index (χ4n) is 1.81. The molecule has 4 nitrogen and oxygen atoms in total. The Morgan fingerprint density at radius 1 is 0.850 bits per heavy atom. The monoisotopic (exact) mass is 266 g/mol. The zero-order valence-corrected chi connectivity index (χ0v) is 10.5. The van der Waals surface area contributed by atoms with Crippen LogP contribution < -0.4 is 5.32 Å². The molecule has 20 heavy (non-hydrogen) atoms. The van der Waals surface area contributed by atoms with Crippen molar-refractivity contribution in [2.45, 2.75) is 0 Å². The molecule has 1 N–H and O–H groups in total. The topological polar surface area (TPSA) is 50.7 Å². The highest BCUT2D eigenvalue weighted by atomic mass is 19.1. The Kier molecular flexibility index (Phi) is 3.33. The van der Waals surface area contributed by atoms with Gasteiger partial charge >= 0.3 is 0 Å². The predicted molar refractivity (Wildman–Crippen MR) is 74.9 cm³/mol. The third-order valence-electron chi connectivity index (χ3n) is 2.73. The summed E-state index contributed by atoms with van der Waals surface area (Å²) in [5.41, 5.74) is 2.44. The second-order valence-electron chi connectivity index (χ2n) is 4.12. The molecular weight excluding hydrogens is 255 g/mol. The normalized spacial score (nSPS) is 10.2. The van der Waals surface area contributed by atoms with E-state index in [1.54, 1.807) is 36.9 Å². The van der Waals surface area contributed by atoms with Crippen molar-refractivity contribution in [2.75, 3.05) is 5.32 Å². The Morgan fingerprint density at radius 3 is 2.45 bits per heavy atom. The van der Waals surface area contributed by atoms with Crippen LogP contribution in [0.2, 0.25) is 0 Å². The summed E-state index contributed by atoms with van der Waals surface area (Å²) < 4.78 is 13.7. The van der Waals surface area contributed by atoms with Gasteiger partial charge in [0.05, 0.1) is 5.69 Å². The zero-order chi connectivity index (χ0) is 13.8. The van der Waals surface area contributed by atoms with E-state index in [-0.39, 0.29) is 11.5 Å². The number of hydrogen-bond acceptors (Lipinski definition) is 4. The highest BCUT2D eigenvalue weighted by Gasteiger charge is 2.07. The van der Waals surface area contributed by atoms with E-state index in [4.69, 9.17) is 0 Å². The molecule has 5 heteroatoms. The van der Waals surface area contributed by atoms with Crippen LogP contribution in [0.5, 0.6) is 0 Å². The lowest BCUT2D eigenvalue weighted by Gasteiger charge is -2.07. The first-order valence-corrected chi connectivity index (χ1v) is 6.07. The van der Waals surface area contributed by atoms with Crippen molar-refractivity contribution < 1.29 is 4.39 Å².